The van der Waals surface area contributed by atoms with Crippen LogP contribution in [0.5, 0.6) is 0 Å². The Morgan fingerprint density at radius 1 is 0.266 bits per heavy atom. The Bertz CT molecular complexity index is 1680. The Morgan fingerprint density at radius 3 is 0.797 bits per heavy atom. The van der Waals surface area contributed by atoms with Crippen LogP contribution in [0.25, 0.3) is 0 Å². The first-order valence-electron chi connectivity index (χ1n) is 32.7. The van der Waals surface area contributed by atoms with E-state index in [2.05, 4.69) is 154 Å². The van der Waals surface area contributed by atoms with E-state index >= 15 is 0 Å². The largest absolute Gasteiger partial charge is 0.462 e. The van der Waals surface area contributed by atoms with Gasteiger partial charge >= 0.3 is 17.9 Å². The zero-order chi connectivity index (χ0) is 57.1. The van der Waals surface area contributed by atoms with Crippen molar-refractivity contribution in [1.82, 2.24) is 0 Å². The van der Waals surface area contributed by atoms with Crippen LogP contribution in [0.2, 0.25) is 0 Å². The molecule has 79 heavy (non-hydrogen) atoms. The van der Waals surface area contributed by atoms with Gasteiger partial charge in [0.25, 0.3) is 0 Å². The Morgan fingerprint density at radius 2 is 0.494 bits per heavy atom. The third-order valence-corrected chi connectivity index (χ3v) is 13.6. The molecule has 448 valence electrons. The molecule has 0 aromatic rings. The highest BCUT2D eigenvalue weighted by Crippen LogP contribution is 2.15. The maximum Gasteiger partial charge on any atom is 0.306 e. The first-order chi connectivity index (χ1) is 39.0. The minimum atomic E-state index is -0.795. The molecule has 0 aromatic carbocycles. The average Bonchev–Trinajstić information content (AvgIpc) is 3.45. The number of allylic oxidation sites excluding steroid dienone is 22. The lowest BCUT2D eigenvalue weighted by molar-refractivity contribution is -0.167. The summed E-state index contributed by atoms with van der Waals surface area (Å²) in [6.07, 6.45) is 93.1. The molecule has 0 N–H and O–H groups in total. The van der Waals surface area contributed by atoms with Crippen molar-refractivity contribution in [3.8, 4) is 0 Å². The molecule has 0 aliphatic heterocycles. The number of hydrogen-bond acceptors (Lipinski definition) is 6. The molecule has 1 atom stereocenters. The molecule has 0 spiro atoms. The maximum absolute atomic E-state index is 12.9. The lowest BCUT2D eigenvalue weighted by Gasteiger charge is -2.18. The SMILES string of the molecule is CC/C=C\C/C=C\C/C=C\C/C=C\C/C=C\C/C=C\C/C=C\C/C=C\CCCCCCCCC(=O)OCC(COC(=O)CCCCCCCCCCCCC)OC(=O)CCCCCCCC/C=C\C/C=C\C/C=C\CCCCC. The number of hydrogen-bond donors (Lipinski definition) is 0. The van der Waals surface area contributed by atoms with Gasteiger partial charge in [-0.25, -0.2) is 0 Å². The van der Waals surface area contributed by atoms with Crippen molar-refractivity contribution < 1.29 is 28.6 Å². The summed E-state index contributed by atoms with van der Waals surface area (Å²) in [5.74, 6) is -0.915. The summed E-state index contributed by atoms with van der Waals surface area (Å²) in [7, 11) is 0. The van der Waals surface area contributed by atoms with Crippen LogP contribution >= 0.6 is 0 Å². The average molecular weight is 1090 g/mol. The first kappa shape index (κ1) is 74.5. The van der Waals surface area contributed by atoms with E-state index in [-0.39, 0.29) is 31.1 Å². The molecule has 0 radical (unpaired) electrons. The number of esters is 3. The van der Waals surface area contributed by atoms with E-state index in [4.69, 9.17) is 14.2 Å². The zero-order valence-corrected chi connectivity index (χ0v) is 51.3. The predicted molar refractivity (Wildman–Crippen MR) is 343 cm³/mol. The van der Waals surface area contributed by atoms with Crippen LogP contribution in [0.3, 0.4) is 0 Å². The normalized spacial score (nSPS) is 13.0. The fourth-order valence-corrected chi connectivity index (χ4v) is 8.76. The molecule has 0 saturated heterocycles. The Hall–Kier alpha value is -4.45. The van der Waals surface area contributed by atoms with Crippen molar-refractivity contribution in [2.24, 2.45) is 0 Å². The second kappa shape index (κ2) is 66.1. The van der Waals surface area contributed by atoms with Gasteiger partial charge in [-0.05, 0) is 122 Å². The van der Waals surface area contributed by atoms with Crippen LogP contribution in [0.1, 0.15) is 290 Å². The van der Waals surface area contributed by atoms with Gasteiger partial charge < -0.3 is 14.2 Å². The quantitative estimate of drug-likeness (QED) is 0.0261. The maximum atomic E-state index is 12.9. The van der Waals surface area contributed by atoms with Gasteiger partial charge in [-0.3, -0.25) is 14.4 Å². The number of unbranched alkanes of at least 4 members (excludes halogenated alkanes) is 25. The van der Waals surface area contributed by atoms with Gasteiger partial charge in [-0.1, -0.05) is 283 Å². The van der Waals surface area contributed by atoms with E-state index in [0.29, 0.717) is 19.3 Å². The van der Waals surface area contributed by atoms with Crippen molar-refractivity contribution in [2.75, 3.05) is 13.2 Å². The Labute approximate surface area is 487 Å². The number of rotatable bonds is 58. The van der Waals surface area contributed by atoms with E-state index in [1.165, 1.54) is 103 Å². The number of carbonyl (C=O) groups excluding carboxylic acids is 3. The minimum Gasteiger partial charge on any atom is -0.462 e. The topological polar surface area (TPSA) is 78.9 Å². The van der Waals surface area contributed by atoms with Crippen LogP contribution < -0.4 is 0 Å². The van der Waals surface area contributed by atoms with E-state index in [0.717, 1.165) is 148 Å². The van der Waals surface area contributed by atoms with E-state index in [9.17, 15) is 14.4 Å². The molecule has 0 bridgehead atoms. The van der Waals surface area contributed by atoms with Gasteiger partial charge in [0.15, 0.2) is 6.10 Å². The number of carbonyl (C=O) groups is 3. The second-order valence-corrected chi connectivity index (χ2v) is 21.3. The fourth-order valence-electron chi connectivity index (χ4n) is 8.76. The molecule has 0 amide bonds. The van der Waals surface area contributed by atoms with Crippen molar-refractivity contribution in [2.45, 2.75) is 297 Å². The van der Waals surface area contributed by atoms with Crippen molar-refractivity contribution >= 4 is 17.9 Å². The van der Waals surface area contributed by atoms with Crippen LogP contribution in [-0.4, -0.2) is 37.2 Å². The summed E-state index contributed by atoms with van der Waals surface area (Å²) >= 11 is 0. The summed E-state index contributed by atoms with van der Waals surface area (Å²) in [6.45, 7) is 6.48. The minimum absolute atomic E-state index is 0.0892. The molecule has 6 heteroatoms. The van der Waals surface area contributed by atoms with Gasteiger partial charge in [0, 0.05) is 19.3 Å². The summed E-state index contributed by atoms with van der Waals surface area (Å²) in [6, 6.07) is 0. The lowest BCUT2D eigenvalue weighted by Crippen LogP contribution is -2.30. The van der Waals surface area contributed by atoms with E-state index < -0.39 is 6.10 Å². The zero-order valence-electron chi connectivity index (χ0n) is 51.3. The molecule has 0 saturated carbocycles. The predicted octanol–water partition coefficient (Wildman–Crippen LogP) is 22.5. The molecule has 0 rings (SSSR count). The fraction of sp³-hybridized carbons (Fsp3) is 0.658. The Balaban J connectivity index is 4.33. The summed E-state index contributed by atoms with van der Waals surface area (Å²) in [5.41, 5.74) is 0. The van der Waals surface area contributed by atoms with Gasteiger partial charge in [0.1, 0.15) is 13.2 Å². The third-order valence-electron chi connectivity index (χ3n) is 13.6. The molecule has 0 fully saturated rings. The number of ether oxygens (including phenoxy) is 3. The van der Waals surface area contributed by atoms with E-state index in [1.54, 1.807) is 0 Å². The second-order valence-electron chi connectivity index (χ2n) is 21.3. The molecule has 0 heterocycles. The van der Waals surface area contributed by atoms with Crippen LogP contribution in [0, 0.1) is 0 Å². The molecule has 0 aliphatic rings. The summed E-state index contributed by atoms with van der Waals surface area (Å²) < 4.78 is 16.9. The first-order valence-corrected chi connectivity index (χ1v) is 32.7. The van der Waals surface area contributed by atoms with Gasteiger partial charge in [-0.15, -0.1) is 0 Å². The van der Waals surface area contributed by atoms with Crippen molar-refractivity contribution in [3.63, 3.8) is 0 Å². The van der Waals surface area contributed by atoms with Crippen LogP contribution in [-0.2, 0) is 28.6 Å². The highest BCUT2D eigenvalue weighted by Gasteiger charge is 2.19. The lowest BCUT2D eigenvalue weighted by atomic mass is 10.1. The molecular formula is C73H120O6. The van der Waals surface area contributed by atoms with Gasteiger partial charge in [0.05, 0.1) is 0 Å². The Kier molecular flexibility index (Phi) is 62.3. The third kappa shape index (κ3) is 64.3. The molecule has 0 aromatic heterocycles. The van der Waals surface area contributed by atoms with Gasteiger partial charge in [-0.2, -0.15) is 0 Å². The molecule has 6 nitrogen and oxygen atoms in total. The monoisotopic (exact) mass is 1090 g/mol. The summed E-state index contributed by atoms with van der Waals surface area (Å²) in [4.78, 5) is 38.3. The van der Waals surface area contributed by atoms with Crippen LogP contribution in [0.15, 0.2) is 134 Å². The van der Waals surface area contributed by atoms with Crippen LogP contribution in [0.4, 0.5) is 0 Å². The smallest absolute Gasteiger partial charge is 0.306 e. The highest BCUT2D eigenvalue weighted by molar-refractivity contribution is 5.71. The molecule has 0 aliphatic carbocycles. The van der Waals surface area contributed by atoms with Crippen molar-refractivity contribution in [3.05, 3.63) is 134 Å². The van der Waals surface area contributed by atoms with Gasteiger partial charge in [0.2, 0.25) is 0 Å². The standard InChI is InChI=1S/C73H120O6/c1-4-7-10-13-16-19-22-24-26-28-30-31-32-33-34-35-36-37-38-39-40-41-43-44-46-48-51-54-57-60-63-66-72(75)78-69-70(68-77-71(74)65-62-59-56-53-50-21-18-15-12-9-6-3)79-73(76)67-64-61-58-55-52-49-47-45-42-29-27-25-23-20-17-14-11-8-5-2/h7,10,16-17,19-20,24-27,30-31,33-34,36-37,39-40,42-45,70H,4-6,8-9,11-15,18,21-23,28-29,32,35,38,41,46-69H2,1-3H3/b10-7-,19-16-,20-17-,26-24-,27-25-,31-30-,34-33-,37-36-,40-39-,44-43-,45-42-. The molecule has 1 unspecified atom stereocenters. The van der Waals surface area contributed by atoms with Crippen molar-refractivity contribution in [1.29, 1.82) is 0 Å². The molecular weight excluding hydrogens is 973 g/mol. The highest BCUT2D eigenvalue weighted by atomic mass is 16.6. The summed E-state index contributed by atoms with van der Waals surface area (Å²) in [5, 5.41) is 0. The van der Waals surface area contributed by atoms with E-state index in [1.807, 2.05) is 0 Å².